The molecule has 68 valence electrons. The summed E-state index contributed by atoms with van der Waals surface area (Å²) in [6.45, 7) is 1.59. The molecule has 0 aliphatic carbocycles. The third kappa shape index (κ3) is 3.07. The summed E-state index contributed by atoms with van der Waals surface area (Å²) >= 11 is 0. The molecule has 0 amide bonds. The van der Waals surface area contributed by atoms with E-state index in [4.69, 9.17) is 5.73 Å². The van der Waals surface area contributed by atoms with E-state index in [1.807, 2.05) is 0 Å². The summed E-state index contributed by atoms with van der Waals surface area (Å²) in [4.78, 5) is 0. The van der Waals surface area contributed by atoms with Gasteiger partial charge in [-0.25, -0.2) is 0 Å². The van der Waals surface area contributed by atoms with Crippen molar-refractivity contribution in [2.75, 3.05) is 7.11 Å². The van der Waals surface area contributed by atoms with Crippen molar-refractivity contribution in [3.05, 3.63) is 0 Å². The van der Waals surface area contributed by atoms with Crippen molar-refractivity contribution in [2.45, 2.75) is 31.7 Å². The average Bonchev–Trinajstić information content (AvgIpc) is 1.86. The Morgan fingerprint density at radius 1 is 1.45 bits per heavy atom. The molecule has 0 radical (unpaired) electrons. The molecule has 2 unspecified atom stereocenters. The van der Waals surface area contributed by atoms with Crippen molar-refractivity contribution < 1.29 is 17.9 Å². The first-order valence-electron chi connectivity index (χ1n) is 3.28. The minimum Gasteiger partial charge on any atom is -0.370 e. The van der Waals surface area contributed by atoms with E-state index in [0.29, 0.717) is 0 Å². The van der Waals surface area contributed by atoms with E-state index in [1.165, 1.54) is 0 Å². The summed E-state index contributed by atoms with van der Waals surface area (Å²) in [7, 11) is 1.01. The Hall–Kier alpha value is -0.290. The van der Waals surface area contributed by atoms with E-state index in [1.54, 1.807) is 6.92 Å². The first-order valence-corrected chi connectivity index (χ1v) is 3.28. The van der Waals surface area contributed by atoms with Crippen molar-refractivity contribution in [3.63, 3.8) is 0 Å². The Morgan fingerprint density at radius 3 is 2.00 bits per heavy atom. The van der Waals surface area contributed by atoms with Crippen LogP contribution < -0.4 is 5.73 Å². The highest BCUT2D eigenvalue weighted by molar-refractivity contribution is 4.78. The number of alkyl halides is 3. The van der Waals surface area contributed by atoms with Crippen LogP contribution in [-0.4, -0.2) is 25.4 Å². The van der Waals surface area contributed by atoms with Crippen LogP contribution in [0.2, 0.25) is 0 Å². The third-order valence-electron chi connectivity index (χ3n) is 1.44. The van der Waals surface area contributed by atoms with Crippen molar-refractivity contribution in [3.8, 4) is 0 Å². The molecule has 5 heteroatoms. The zero-order valence-corrected chi connectivity index (χ0v) is 6.48. The number of ether oxygens (including phenoxy) is 1. The number of hydrogen-bond donors (Lipinski definition) is 1. The summed E-state index contributed by atoms with van der Waals surface area (Å²) in [5, 5.41) is 0. The molecule has 0 spiro atoms. The molecule has 0 bridgehead atoms. The lowest BCUT2D eigenvalue weighted by Gasteiger charge is -2.23. The van der Waals surface area contributed by atoms with Crippen LogP contribution in [0.15, 0.2) is 0 Å². The molecule has 0 aliphatic heterocycles. The van der Waals surface area contributed by atoms with Gasteiger partial charge in [-0.3, -0.25) is 0 Å². The number of nitrogens with two attached hydrogens (primary N) is 1. The molecule has 0 saturated carbocycles. The Balaban J connectivity index is 4.16. The molecule has 2 atom stereocenters. The van der Waals surface area contributed by atoms with E-state index in [0.717, 1.165) is 7.11 Å². The van der Waals surface area contributed by atoms with Gasteiger partial charge in [0.1, 0.15) is 0 Å². The van der Waals surface area contributed by atoms with Gasteiger partial charge in [-0.05, 0) is 6.42 Å². The van der Waals surface area contributed by atoms with Crippen LogP contribution >= 0.6 is 0 Å². The van der Waals surface area contributed by atoms with Crippen molar-refractivity contribution >= 4 is 0 Å². The maximum atomic E-state index is 12.0. The van der Waals surface area contributed by atoms with Crippen LogP contribution in [0.25, 0.3) is 0 Å². The molecule has 2 nitrogen and oxygen atoms in total. The molecule has 0 heterocycles. The Labute approximate surface area is 63.5 Å². The lowest BCUT2D eigenvalue weighted by Crippen LogP contribution is -2.45. The van der Waals surface area contributed by atoms with E-state index < -0.39 is 18.3 Å². The quantitative estimate of drug-likeness (QED) is 0.694. The monoisotopic (exact) mass is 171 g/mol. The molecule has 0 fully saturated rings. The molecular weight excluding hydrogens is 159 g/mol. The number of hydrogen-bond acceptors (Lipinski definition) is 2. The van der Waals surface area contributed by atoms with E-state index >= 15 is 0 Å². The summed E-state index contributed by atoms with van der Waals surface area (Å²) < 4.78 is 40.1. The molecular formula is C6H12F3NO. The largest absolute Gasteiger partial charge is 0.416 e. The lowest BCUT2D eigenvalue weighted by molar-refractivity contribution is -0.218. The van der Waals surface area contributed by atoms with Crippen LogP contribution in [-0.2, 0) is 4.74 Å². The maximum absolute atomic E-state index is 12.0. The van der Waals surface area contributed by atoms with Crippen molar-refractivity contribution in [1.29, 1.82) is 0 Å². The second kappa shape index (κ2) is 3.92. The topological polar surface area (TPSA) is 35.2 Å². The predicted octanol–water partition coefficient (Wildman–Crippen LogP) is 1.30. The van der Waals surface area contributed by atoms with Gasteiger partial charge < -0.3 is 10.5 Å². The Kier molecular flexibility index (Phi) is 3.82. The summed E-state index contributed by atoms with van der Waals surface area (Å²) in [6, 6.07) is -0.972. The van der Waals surface area contributed by atoms with E-state index in [2.05, 4.69) is 4.74 Å². The van der Waals surface area contributed by atoms with Gasteiger partial charge in [-0.15, -0.1) is 0 Å². The van der Waals surface area contributed by atoms with Crippen LogP contribution in [0.3, 0.4) is 0 Å². The molecule has 0 rings (SSSR count). The summed E-state index contributed by atoms with van der Waals surface area (Å²) in [5.41, 5.74) is 5.17. The first-order chi connectivity index (χ1) is 4.93. The smallest absolute Gasteiger partial charge is 0.370 e. The first kappa shape index (κ1) is 10.7. The molecule has 11 heavy (non-hydrogen) atoms. The molecule has 0 aromatic heterocycles. The second-order valence-electron chi connectivity index (χ2n) is 2.27. The van der Waals surface area contributed by atoms with Crippen LogP contribution in [0.4, 0.5) is 13.2 Å². The van der Waals surface area contributed by atoms with Crippen LogP contribution in [0, 0.1) is 0 Å². The van der Waals surface area contributed by atoms with Crippen molar-refractivity contribution in [2.24, 2.45) is 5.73 Å². The van der Waals surface area contributed by atoms with Gasteiger partial charge in [0.25, 0.3) is 0 Å². The molecule has 0 aliphatic rings. The van der Waals surface area contributed by atoms with Gasteiger partial charge in [0.15, 0.2) is 6.10 Å². The van der Waals surface area contributed by atoms with Gasteiger partial charge in [0.05, 0.1) is 0 Å². The molecule has 2 N–H and O–H groups in total. The minimum absolute atomic E-state index is 0.248. The fourth-order valence-electron chi connectivity index (χ4n) is 0.765. The number of halogens is 3. The zero-order chi connectivity index (χ0) is 9.07. The Morgan fingerprint density at radius 2 is 1.91 bits per heavy atom. The summed E-state index contributed by atoms with van der Waals surface area (Å²) in [6.07, 6.45) is -5.95. The van der Waals surface area contributed by atoms with E-state index in [-0.39, 0.29) is 6.42 Å². The van der Waals surface area contributed by atoms with Crippen molar-refractivity contribution in [1.82, 2.24) is 0 Å². The molecule has 0 aromatic carbocycles. The van der Waals surface area contributed by atoms with Gasteiger partial charge in [-0.1, -0.05) is 6.92 Å². The normalized spacial score (nSPS) is 18.0. The predicted molar refractivity (Wildman–Crippen MR) is 35.1 cm³/mol. The van der Waals surface area contributed by atoms with E-state index in [9.17, 15) is 13.2 Å². The van der Waals surface area contributed by atoms with Gasteiger partial charge >= 0.3 is 6.18 Å². The second-order valence-corrected chi connectivity index (χ2v) is 2.27. The van der Waals surface area contributed by atoms with Gasteiger partial charge in [-0.2, -0.15) is 13.2 Å². The molecule has 0 saturated heterocycles. The number of rotatable bonds is 3. The fourth-order valence-corrected chi connectivity index (χ4v) is 0.765. The summed E-state index contributed by atoms with van der Waals surface area (Å²) in [5.74, 6) is 0. The maximum Gasteiger partial charge on any atom is 0.416 e. The zero-order valence-electron chi connectivity index (χ0n) is 6.48. The van der Waals surface area contributed by atoms with Gasteiger partial charge in [0, 0.05) is 13.2 Å². The highest BCUT2D eigenvalue weighted by atomic mass is 19.4. The minimum atomic E-state index is -4.36. The number of methoxy groups -OCH3 is 1. The Bertz CT molecular complexity index is 115. The van der Waals surface area contributed by atoms with Gasteiger partial charge in [0.2, 0.25) is 0 Å². The average molecular weight is 171 g/mol. The van der Waals surface area contributed by atoms with Crippen LogP contribution in [0.1, 0.15) is 13.3 Å². The standard InChI is InChI=1S/C6H12F3NO/c1-3-4(10)5(11-2)6(7,8)9/h4-5H,3,10H2,1-2H3. The highest BCUT2D eigenvalue weighted by Crippen LogP contribution is 2.24. The molecule has 0 aromatic rings. The SMILES string of the molecule is CCC(N)C(OC)C(F)(F)F. The lowest BCUT2D eigenvalue weighted by atomic mass is 10.1. The fraction of sp³-hybridized carbons (Fsp3) is 1.00. The highest BCUT2D eigenvalue weighted by Gasteiger charge is 2.43. The third-order valence-corrected chi connectivity index (χ3v) is 1.44. The van der Waals surface area contributed by atoms with Crippen LogP contribution in [0.5, 0.6) is 0 Å².